The van der Waals surface area contributed by atoms with Crippen molar-refractivity contribution in [2.24, 2.45) is 0 Å². The summed E-state index contributed by atoms with van der Waals surface area (Å²) in [5.41, 5.74) is 1.76. The van der Waals surface area contributed by atoms with Crippen molar-refractivity contribution in [2.75, 3.05) is 17.7 Å². The minimum Gasteiger partial charge on any atom is -0.495 e. The fraction of sp³-hybridized carbons (Fsp3) is 0.0909. The Hall–Kier alpha value is -4.00. The molecule has 0 spiro atoms. The molecule has 0 aliphatic heterocycles. The lowest BCUT2D eigenvalue weighted by Crippen LogP contribution is -2.18. The number of ether oxygens (including phenoxy) is 1. The van der Waals surface area contributed by atoms with Crippen LogP contribution in [0.5, 0.6) is 5.75 Å². The molecule has 2 N–H and O–H groups in total. The Balaban J connectivity index is 1.73. The predicted octanol–water partition coefficient (Wildman–Crippen LogP) is 3.80. The van der Waals surface area contributed by atoms with Crippen molar-refractivity contribution in [1.29, 1.82) is 0 Å². The van der Waals surface area contributed by atoms with Crippen LogP contribution >= 0.6 is 0 Å². The number of rotatable bonds is 6. The molecule has 7 nitrogen and oxygen atoms in total. The fourth-order valence-electron chi connectivity index (χ4n) is 2.61. The van der Waals surface area contributed by atoms with Gasteiger partial charge in [0, 0.05) is 11.3 Å². The van der Waals surface area contributed by atoms with E-state index in [9.17, 15) is 14.4 Å². The number of hydrogen-bond donors (Lipinski definition) is 2. The number of benzene rings is 2. The van der Waals surface area contributed by atoms with Crippen molar-refractivity contribution in [2.45, 2.75) is 6.92 Å². The summed E-state index contributed by atoms with van der Waals surface area (Å²) in [5.74, 6) is -0.468. The Kier molecular flexibility index (Phi) is 5.99. The molecule has 0 fully saturated rings. The van der Waals surface area contributed by atoms with Gasteiger partial charge in [-0.3, -0.25) is 14.4 Å². The second-order valence-electron chi connectivity index (χ2n) is 6.15. The van der Waals surface area contributed by atoms with Gasteiger partial charge in [0.15, 0.2) is 5.78 Å². The first-order chi connectivity index (χ1) is 14.0. The van der Waals surface area contributed by atoms with E-state index in [2.05, 4.69) is 15.6 Å². The average Bonchev–Trinajstić information content (AvgIpc) is 2.74. The van der Waals surface area contributed by atoms with Crippen LogP contribution in [0.25, 0.3) is 0 Å². The summed E-state index contributed by atoms with van der Waals surface area (Å²) in [5, 5.41) is 5.41. The minimum atomic E-state index is -0.465. The molecule has 146 valence electrons. The van der Waals surface area contributed by atoms with E-state index in [-0.39, 0.29) is 17.2 Å². The third kappa shape index (κ3) is 4.84. The van der Waals surface area contributed by atoms with Gasteiger partial charge < -0.3 is 15.4 Å². The van der Waals surface area contributed by atoms with Crippen molar-refractivity contribution >= 4 is 29.0 Å². The number of Topliss-reactive ketones (excluding diaryl/α,β-unsaturated/α-hetero) is 1. The largest absolute Gasteiger partial charge is 0.495 e. The topological polar surface area (TPSA) is 97.4 Å². The van der Waals surface area contributed by atoms with E-state index in [0.717, 1.165) is 0 Å². The number of hydrogen-bond acceptors (Lipinski definition) is 5. The molecule has 0 aliphatic carbocycles. The summed E-state index contributed by atoms with van der Waals surface area (Å²) >= 11 is 0. The molecule has 0 saturated heterocycles. The number of carbonyl (C=O) groups is 3. The van der Waals surface area contributed by atoms with Crippen molar-refractivity contribution < 1.29 is 19.1 Å². The molecule has 0 saturated carbocycles. The Morgan fingerprint density at radius 2 is 1.41 bits per heavy atom. The Morgan fingerprint density at radius 3 is 2.03 bits per heavy atom. The summed E-state index contributed by atoms with van der Waals surface area (Å²) in [7, 11) is 1.51. The first-order valence-electron chi connectivity index (χ1n) is 8.81. The molecule has 3 rings (SSSR count). The second-order valence-corrected chi connectivity index (χ2v) is 6.15. The van der Waals surface area contributed by atoms with Gasteiger partial charge in [-0.15, -0.1) is 0 Å². The third-order valence-electron chi connectivity index (χ3n) is 4.12. The zero-order valence-electron chi connectivity index (χ0n) is 15.9. The highest BCUT2D eigenvalue weighted by molar-refractivity contribution is 6.06. The van der Waals surface area contributed by atoms with E-state index < -0.39 is 11.8 Å². The fourth-order valence-corrected chi connectivity index (χ4v) is 2.61. The molecule has 0 atom stereocenters. The van der Waals surface area contributed by atoms with Crippen LogP contribution in [0.1, 0.15) is 38.3 Å². The molecule has 2 aromatic carbocycles. The maximum absolute atomic E-state index is 12.5. The van der Waals surface area contributed by atoms with E-state index in [4.69, 9.17) is 4.74 Å². The average molecular weight is 389 g/mol. The van der Waals surface area contributed by atoms with Crippen molar-refractivity contribution in [1.82, 2.24) is 4.98 Å². The van der Waals surface area contributed by atoms with Crippen LogP contribution in [0.3, 0.4) is 0 Å². The lowest BCUT2D eigenvalue weighted by Gasteiger charge is -2.10. The summed E-state index contributed by atoms with van der Waals surface area (Å²) in [6, 6.07) is 18.1. The highest BCUT2D eigenvalue weighted by Gasteiger charge is 2.14. The molecule has 1 aromatic heterocycles. The Bertz CT molecular complexity index is 1060. The van der Waals surface area contributed by atoms with Gasteiger partial charge in [0.2, 0.25) is 0 Å². The first-order valence-corrected chi connectivity index (χ1v) is 8.81. The molecule has 0 aliphatic rings. The molecule has 0 radical (unpaired) electrons. The molecule has 29 heavy (non-hydrogen) atoms. The third-order valence-corrected chi connectivity index (χ3v) is 4.12. The van der Waals surface area contributed by atoms with Gasteiger partial charge in [0.1, 0.15) is 17.1 Å². The molecule has 3 aromatic rings. The lowest BCUT2D eigenvalue weighted by molar-refractivity contribution is 0.100. The maximum atomic E-state index is 12.5. The smallest absolute Gasteiger partial charge is 0.274 e. The van der Waals surface area contributed by atoms with Crippen LogP contribution in [0, 0.1) is 0 Å². The van der Waals surface area contributed by atoms with E-state index >= 15 is 0 Å². The van der Waals surface area contributed by atoms with Crippen molar-refractivity contribution in [3.8, 4) is 5.75 Å². The normalized spacial score (nSPS) is 10.1. The Morgan fingerprint density at radius 1 is 0.793 bits per heavy atom. The van der Waals surface area contributed by atoms with Crippen LogP contribution < -0.4 is 15.4 Å². The van der Waals surface area contributed by atoms with Crippen LogP contribution in [0.15, 0.2) is 66.7 Å². The van der Waals surface area contributed by atoms with E-state index in [0.29, 0.717) is 22.7 Å². The van der Waals surface area contributed by atoms with Gasteiger partial charge in [-0.05, 0) is 55.5 Å². The summed E-state index contributed by atoms with van der Waals surface area (Å²) in [4.78, 5) is 40.5. The summed E-state index contributed by atoms with van der Waals surface area (Å²) in [6.07, 6.45) is 0. The highest BCUT2D eigenvalue weighted by Crippen LogP contribution is 2.23. The molecule has 7 heteroatoms. The van der Waals surface area contributed by atoms with Crippen LogP contribution in [-0.4, -0.2) is 29.7 Å². The van der Waals surface area contributed by atoms with E-state index in [1.54, 1.807) is 54.6 Å². The molecular weight excluding hydrogens is 370 g/mol. The maximum Gasteiger partial charge on any atom is 0.274 e. The van der Waals surface area contributed by atoms with Crippen LogP contribution in [0.4, 0.5) is 11.4 Å². The van der Waals surface area contributed by atoms with Crippen molar-refractivity contribution in [3.63, 3.8) is 0 Å². The number of carbonyl (C=O) groups excluding carboxylic acids is 3. The number of nitrogens with one attached hydrogen (secondary N) is 2. The number of ketones is 1. The number of aromatic nitrogens is 1. The number of pyridine rings is 1. The number of amides is 2. The molecular formula is C22H19N3O4. The van der Waals surface area contributed by atoms with Gasteiger partial charge in [0.25, 0.3) is 11.8 Å². The van der Waals surface area contributed by atoms with Gasteiger partial charge >= 0.3 is 0 Å². The van der Waals surface area contributed by atoms with Crippen molar-refractivity contribution in [3.05, 3.63) is 83.7 Å². The molecule has 1 heterocycles. The number of para-hydroxylation sites is 2. The van der Waals surface area contributed by atoms with E-state index in [1.165, 1.54) is 26.2 Å². The molecule has 0 unspecified atom stereocenters. The lowest BCUT2D eigenvalue weighted by atomic mass is 10.1. The monoisotopic (exact) mass is 389 g/mol. The summed E-state index contributed by atoms with van der Waals surface area (Å²) < 4.78 is 5.21. The van der Waals surface area contributed by atoms with Gasteiger partial charge in [0.05, 0.1) is 12.8 Å². The summed E-state index contributed by atoms with van der Waals surface area (Å²) in [6.45, 7) is 1.47. The van der Waals surface area contributed by atoms with E-state index in [1.807, 2.05) is 0 Å². The number of methoxy groups -OCH3 is 1. The highest BCUT2D eigenvalue weighted by atomic mass is 16.5. The Labute approximate surface area is 167 Å². The zero-order chi connectivity index (χ0) is 20.8. The quantitative estimate of drug-likeness (QED) is 0.625. The SMILES string of the molecule is COc1ccccc1NC(=O)c1cccc(C(=O)Nc2ccc(C(C)=O)cc2)n1. The molecule has 0 bridgehead atoms. The predicted molar refractivity (Wildman–Crippen MR) is 110 cm³/mol. The molecule has 2 amide bonds. The second kappa shape index (κ2) is 8.79. The standard InChI is InChI=1S/C22H19N3O4/c1-14(26)15-10-12-16(13-11-15)23-21(27)18-7-5-8-19(24-18)22(28)25-17-6-3-4-9-20(17)29-2/h3-13H,1-2H3,(H,23,27)(H,25,28). The van der Waals surface area contributed by atoms with Gasteiger partial charge in [-0.2, -0.15) is 0 Å². The first kappa shape index (κ1) is 19.8. The minimum absolute atomic E-state index is 0.0571. The zero-order valence-corrected chi connectivity index (χ0v) is 15.9. The van der Waals surface area contributed by atoms with Gasteiger partial charge in [-0.25, -0.2) is 4.98 Å². The number of nitrogens with zero attached hydrogens (tertiary/aromatic N) is 1. The van der Waals surface area contributed by atoms with Crippen LogP contribution in [0.2, 0.25) is 0 Å². The van der Waals surface area contributed by atoms with Crippen LogP contribution in [-0.2, 0) is 0 Å². The number of anilines is 2. The van der Waals surface area contributed by atoms with Gasteiger partial charge in [-0.1, -0.05) is 18.2 Å².